The van der Waals surface area contributed by atoms with Crippen LogP contribution in [0.15, 0.2) is 143 Å². The highest BCUT2D eigenvalue weighted by Crippen LogP contribution is 2.41. The lowest BCUT2D eigenvalue weighted by Gasteiger charge is -2.48. The summed E-state index contributed by atoms with van der Waals surface area (Å²) in [5.74, 6) is -1.11. The standard InChI is InChI=1S/C40H37N7O5S3/c1-45(2)46-22-19-30(20-23-46)55-26-52-38(50)32-21-24-53-37-34(36(49)47(32)37)42-35(48)33(44-51-3)31-25-54-39(41-31)43-40(27-13-7-4-8-14-27,28-15-9-5-10-16-28)29-17-11-6-12-18-29/h4-23,25,34,37H,24,26H2,1-3H3,(H-,41,42,43,48)/p+1/b44-33-/t34?,37-/m0/s1. The van der Waals surface area contributed by atoms with E-state index in [0.717, 1.165) is 21.6 Å². The predicted octanol–water partition coefficient (Wildman–Crippen LogP) is 4.96. The van der Waals surface area contributed by atoms with Crippen LogP contribution >= 0.6 is 34.9 Å². The van der Waals surface area contributed by atoms with Crippen molar-refractivity contribution < 1.29 is 28.6 Å². The molecule has 1 unspecified atom stereocenters. The molecule has 0 spiro atoms. The van der Waals surface area contributed by atoms with Crippen molar-refractivity contribution in [3.63, 3.8) is 0 Å². The molecule has 0 bridgehead atoms. The van der Waals surface area contributed by atoms with Crippen molar-refractivity contribution in [1.82, 2.24) is 15.2 Å². The van der Waals surface area contributed by atoms with Gasteiger partial charge >= 0.3 is 5.97 Å². The summed E-state index contributed by atoms with van der Waals surface area (Å²) in [7, 11) is 5.21. The average Bonchev–Trinajstić information content (AvgIpc) is 3.69. The number of aromatic nitrogens is 2. The number of carbonyl (C=O) groups is 3. The zero-order valence-corrected chi connectivity index (χ0v) is 32.6. The Bertz CT molecular complexity index is 2100. The number of thiazole rings is 1. The molecule has 4 heterocycles. The molecule has 1 fully saturated rings. The summed E-state index contributed by atoms with van der Waals surface area (Å²) in [5, 5.41) is 14.2. The third kappa shape index (κ3) is 7.81. The minimum absolute atomic E-state index is 0.0760. The Kier molecular flexibility index (Phi) is 11.5. The van der Waals surface area contributed by atoms with E-state index in [2.05, 4.69) is 52.2 Å². The molecule has 2 atom stereocenters. The molecule has 0 aliphatic carbocycles. The van der Waals surface area contributed by atoms with Crippen LogP contribution in [0.4, 0.5) is 5.13 Å². The van der Waals surface area contributed by atoms with Gasteiger partial charge in [0, 0.05) is 28.2 Å². The maximum atomic E-state index is 13.8. The van der Waals surface area contributed by atoms with E-state index in [1.165, 1.54) is 46.9 Å². The number of nitrogens with one attached hydrogen (secondary N) is 2. The first-order chi connectivity index (χ1) is 26.8. The summed E-state index contributed by atoms with van der Waals surface area (Å²) < 4.78 is 7.44. The van der Waals surface area contributed by atoms with Crippen LogP contribution in [0.2, 0.25) is 0 Å². The van der Waals surface area contributed by atoms with Crippen molar-refractivity contribution in [1.29, 1.82) is 0 Å². The molecule has 2 aliphatic heterocycles. The lowest BCUT2D eigenvalue weighted by Crippen LogP contribution is -2.70. The zero-order chi connectivity index (χ0) is 38.4. The van der Waals surface area contributed by atoms with Gasteiger partial charge in [-0.25, -0.2) is 9.78 Å². The van der Waals surface area contributed by atoms with Gasteiger partial charge in [-0.2, -0.15) is 5.01 Å². The van der Waals surface area contributed by atoms with Crippen LogP contribution in [0, 0.1) is 0 Å². The molecule has 5 aromatic rings. The summed E-state index contributed by atoms with van der Waals surface area (Å²) in [5.41, 5.74) is 2.50. The average molecular weight is 793 g/mol. The van der Waals surface area contributed by atoms with Gasteiger partial charge in [0.25, 0.3) is 11.8 Å². The van der Waals surface area contributed by atoms with Gasteiger partial charge in [0.2, 0.25) is 12.4 Å². The Labute approximate surface area is 331 Å². The Morgan fingerprint density at radius 3 is 2.13 bits per heavy atom. The van der Waals surface area contributed by atoms with Crippen LogP contribution in [0.5, 0.6) is 0 Å². The summed E-state index contributed by atoms with van der Waals surface area (Å²) in [6.07, 6.45) is 5.49. The monoisotopic (exact) mass is 792 g/mol. The van der Waals surface area contributed by atoms with Crippen LogP contribution < -0.4 is 20.3 Å². The number of fused-ring (bicyclic) bond motifs is 1. The van der Waals surface area contributed by atoms with E-state index in [0.29, 0.717) is 10.9 Å². The first-order valence-corrected chi connectivity index (χ1v) is 20.2. The van der Waals surface area contributed by atoms with E-state index in [9.17, 15) is 14.4 Å². The van der Waals surface area contributed by atoms with Crippen molar-refractivity contribution in [2.24, 2.45) is 5.16 Å². The zero-order valence-electron chi connectivity index (χ0n) is 30.2. The summed E-state index contributed by atoms with van der Waals surface area (Å²) >= 11 is 4.12. The van der Waals surface area contributed by atoms with Gasteiger partial charge < -0.3 is 20.2 Å². The second-order valence-corrected chi connectivity index (χ2v) is 15.6. The smallest absolute Gasteiger partial charge is 0.355 e. The minimum Gasteiger partial charge on any atom is -0.450 e. The van der Waals surface area contributed by atoms with Gasteiger partial charge in [-0.05, 0) is 22.8 Å². The number of benzene rings is 3. The number of amides is 2. The van der Waals surface area contributed by atoms with Crippen molar-refractivity contribution in [3.05, 3.63) is 155 Å². The number of hydrogen-bond acceptors (Lipinski definition) is 12. The van der Waals surface area contributed by atoms with E-state index in [1.54, 1.807) is 11.5 Å². The molecule has 55 heavy (non-hydrogen) atoms. The number of esters is 1. The fourth-order valence-corrected chi connectivity index (χ4v) is 8.97. The lowest BCUT2D eigenvalue weighted by atomic mass is 9.77. The van der Waals surface area contributed by atoms with Crippen molar-refractivity contribution >= 4 is 63.5 Å². The fourth-order valence-electron chi connectivity index (χ4n) is 6.41. The van der Waals surface area contributed by atoms with Gasteiger partial charge in [-0.3, -0.25) is 14.5 Å². The van der Waals surface area contributed by atoms with Gasteiger partial charge in [-0.15, -0.1) is 23.1 Å². The highest BCUT2D eigenvalue weighted by Gasteiger charge is 2.53. The number of β-lactam (4-membered cyclic amide) rings is 1. The Morgan fingerprint density at radius 2 is 1.56 bits per heavy atom. The van der Waals surface area contributed by atoms with Crippen molar-refractivity contribution in [2.75, 3.05) is 43.2 Å². The van der Waals surface area contributed by atoms with E-state index in [1.807, 2.05) is 103 Å². The van der Waals surface area contributed by atoms with Crippen LogP contribution in [-0.4, -0.2) is 77.7 Å². The van der Waals surface area contributed by atoms with Gasteiger partial charge in [0.15, 0.2) is 10.8 Å². The fraction of sp³-hybridized carbons (Fsp3) is 0.200. The Morgan fingerprint density at radius 1 is 0.964 bits per heavy atom. The normalized spacial score (nSPS) is 16.6. The molecular formula is C40H38N7O5S3+. The molecule has 15 heteroatoms. The number of pyridine rings is 1. The quantitative estimate of drug-likeness (QED) is 0.0233. The number of ether oxygens (including phenoxy) is 1. The first-order valence-electron chi connectivity index (χ1n) is 17.3. The maximum absolute atomic E-state index is 13.8. The lowest BCUT2D eigenvalue weighted by molar-refractivity contribution is -0.687. The van der Waals surface area contributed by atoms with Gasteiger partial charge in [0.1, 0.15) is 41.4 Å². The molecule has 0 saturated carbocycles. The number of carbonyl (C=O) groups excluding carboxylic acids is 3. The number of rotatable bonds is 14. The first kappa shape index (κ1) is 37.7. The third-order valence-electron chi connectivity index (χ3n) is 9.06. The second kappa shape index (κ2) is 16.8. The van der Waals surface area contributed by atoms with E-state index >= 15 is 0 Å². The van der Waals surface area contributed by atoms with E-state index < -0.39 is 34.7 Å². The Balaban J connectivity index is 1.05. The predicted molar refractivity (Wildman–Crippen MR) is 215 cm³/mol. The Hall–Kier alpha value is -5.64. The maximum Gasteiger partial charge on any atom is 0.355 e. The molecule has 0 radical (unpaired) electrons. The van der Waals surface area contributed by atoms with E-state index in [-0.39, 0.29) is 23.0 Å². The second-order valence-electron chi connectivity index (χ2n) is 12.6. The van der Waals surface area contributed by atoms with Crippen molar-refractivity contribution in [3.8, 4) is 0 Å². The molecule has 280 valence electrons. The molecule has 2 aromatic heterocycles. The topological polar surface area (TPSA) is 129 Å². The van der Waals surface area contributed by atoms with Crippen molar-refractivity contribution in [2.45, 2.75) is 21.9 Å². The molecule has 2 aliphatic rings. The van der Waals surface area contributed by atoms with Crippen LogP contribution in [0.25, 0.3) is 0 Å². The largest absolute Gasteiger partial charge is 0.450 e. The van der Waals surface area contributed by atoms with Gasteiger partial charge in [0.05, 0.1) is 14.1 Å². The third-order valence-corrected chi connectivity index (χ3v) is 11.8. The van der Waals surface area contributed by atoms with Crippen LogP contribution in [0.1, 0.15) is 22.4 Å². The summed E-state index contributed by atoms with van der Waals surface area (Å²) in [6, 6.07) is 33.3. The number of thioether (sulfide) groups is 2. The summed E-state index contributed by atoms with van der Waals surface area (Å²) in [6.45, 7) is 0. The van der Waals surface area contributed by atoms with E-state index in [4.69, 9.17) is 14.6 Å². The summed E-state index contributed by atoms with van der Waals surface area (Å²) in [4.78, 5) is 52.6. The molecule has 3 aromatic carbocycles. The van der Waals surface area contributed by atoms with Gasteiger partial charge in [-0.1, -0.05) is 113 Å². The molecular weight excluding hydrogens is 755 g/mol. The number of hydrogen-bond donors (Lipinski definition) is 2. The number of nitrogens with zero attached hydrogens (tertiary/aromatic N) is 5. The molecule has 12 nitrogen and oxygen atoms in total. The molecule has 7 rings (SSSR count). The molecule has 2 N–H and O–H groups in total. The molecule has 1 saturated heterocycles. The SMILES string of the molecule is CO/N=C(\C(=O)NC1C(=O)N2C(C(=O)OCSc3cc[n+](N(C)C)cc3)=CCS[C@@H]12)c1csc(NC(c2ccccc2)(c2ccccc2)c2ccccc2)n1. The number of oxime groups is 1. The molecule has 2 amide bonds. The highest BCUT2D eigenvalue weighted by atomic mass is 32.2. The highest BCUT2D eigenvalue weighted by molar-refractivity contribution is 8.00. The van der Waals surface area contributed by atoms with Crippen LogP contribution in [-0.2, 0) is 29.5 Å². The minimum atomic E-state index is -0.892. The van der Waals surface area contributed by atoms with Crippen LogP contribution in [0.3, 0.4) is 0 Å². The number of anilines is 1.